The zero-order valence-corrected chi connectivity index (χ0v) is 37.2. The first kappa shape index (κ1) is 37.4. The quantitative estimate of drug-likeness (QED) is 0.163. The molecule has 0 unspecified atom stereocenters. The molecule has 2 aliphatic heterocycles. The van der Waals surface area contributed by atoms with E-state index in [4.69, 9.17) is 0 Å². The summed E-state index contributed by atoms with van der Waals surface area (Å²) in [4.78, 5) is 5.26. The van der Waals surface area contributed by atoms with Crippen molar-refractivity contribution in [2.75, 3.05) is 9.80 Å². The minimum absolute atomic E-state index is 0.0234. The molecule has 0 saturated heterocycles. The van der Waals surface area contributed by atoms with Crippen molar-refractivity contribution in [1.82, 2.24) is 0 Å². The summed E-state index contributed by atoms with van der Waals surface area (Å²) in [6.45, 7) is 14.5. The van der Waals surface area contributed by atoms with E-state index in [0.29, 0.717) is 0 Å². The zero-order valence-electron chi connectivity index (χ0n) is 36.4. The average Bonchev–Trinajstić information content (AvgIpc) is 3.67. The van der Waals surface area contributed by atoms with Crippen LogP contribution in [0.1, 0.15) is 62.8 Å². The second kappa shape index (κ2) is 13.6. The van der Waals surface area contributed by atoms with Crippen LogP contribution in [0.3, 0.4) is 0 Å². The molecule has 0 bridgehead atoms. The smallest absolute Gasteiger partial charge is 0.252 e. The van der Waals surface area contributed by atoms with Crippen LogP contribution in [-0.2, 0) is 10.8 Å². The van der Waals surface area contributed by atoms with Crippen LogP contribution < -0.4 is 26.2 Å². The van der Waals surface area contributed by atoms with Gasteiger partial charge in [-0.1, -0.05) is 137 Å². The average molecular weight is 817 g/mol. The van der Waals surface area contributed by atoms with Crippen molar-refractivity contribution in [2.45, 2.75) is 65.2 Å². The Kier molecular flexibility index (Phi) is 8.19. The van der Waals surface area contributed by atoms with Crippen molar-refractivity contribution in [3.63, 3.8) is 0 Å². The fourth-order valence-corrected chi connectivity index (χ4v) is 12.3. The first-order valence-electron chi connectivity index (χ1n) is 22.3. The van der Waals surface area contributed by atoms with Gasteiger partial charge in [0.25, 0.3) is 6.71 Å². The monoisotopic (exact) mass is 816 g/mol. The number of thiophene rings is 1. The largest absolute Gasteiger partial charge is 0.311 e. The Morgan fingerprint density at radius 3 is 1.69 bits per heavy atom. The number of benzene rings is 8. The molecular weight excluding hydrogens is 768 g/mol. The number of rotatable bonds is 4. The van der Waals surface area contributed by atoms with Crippen molar-refractivity contribution in [2.24, 2.45) is 0 Å². The molecule has 9 aromatic rings. The van der Waals surface area contributed by atoms with E-state index < -0.39 is 0 Å². The van der Waals surface area contributed by atoms with Gasteiger partial charge in [0.1, 0.15) is 0 Å². The van der Waals surface area contributed by atoms with Gasteiger partial charge in [0.05, 0.1) is 5.69 Å². The molecule has 1 aliphatic carbocycles. The number of anilines is 6. The summed E-state index contributed by atoms with van der Waals surface area (Å²) in [6, 6.07) is 62.2. The number of hydrogen-bond acceptors (Lipinski definition) is 3. The van der Waals surface area contributed by atoms with Crippen molar-refractivity contribution < 1.29 is 0 Å². The maximum atomic E-state index is 2.66. The van der Waals surface area contributed by atoms with E-state index in [2.05, 4.69) is 215 Å². The highest BCUT2D eigenvalue weighted by molar-refractivity contribution is 7.26. The van der Waals surface area contributed by atoms with Gasteiger partial charge in [-0.05, 0) is 153 Å². The Morgan fingerprint density at radius 2 is 1.02 bits per heavy atom. The Hall–Kier alpha value is -6.36. The molecule has 300 valence electrons. The highest BCUT2D eigenvalue weighted by Gasteiger charge is 2.47. The van der Waals surface area contributed by atoms with E-state index in [1.165, 1.54) is 128 Å². The molecule has 3 aliphatic rings. The van der Waals surface area contributed by atoms with E-state index in [-0.39, 0.29) is 17.5 Å². The summed E-state index contributed by atoms with van der Waals surface area (Å²) in [6.07, 6.45) is 2.34. The summed E-state index contributed by atoms with van der Waals surface area (Å²) in [5, 5.41) is 2.63. The van der Waals surface area contributed by atoms with Gasteiger partial charge in [-0.2, -0.15) is 0 Å². The lowest BCUT2D eigenvalue weighted by molar-refractivity contribution is 0.332. The number of nitrogens with zero attached hydrogens (tertiary/aromatic N) is 2. The summed E-state index contributed by atoms with van der Waals surface area (Å²) in [5.41, 5.74) is 22.2. The Labute approximate surface area is 370 Å². The molecular formula is C58H49BN2S. The third-order valence-corrected chi connectivity index (χ3v) is 15.6. The van der Waals surface area contributed by atoms with Crippen LogP contribution in [0.4, 0.5) is 34.1 Å². The van der Waals surface area contributed by atoms with E-state index in [1.807, 2.05) is 11.3 Å². The van der Waals surface area contributed by atoms with E-state index in [9.17, 15) is 0 Å². The lowest BCUT2D eigenvalue weighted by atomic mass is 9.33. The minimum atomic E-state index is 0.0234. The van der Waals surface area contributed by atoms with Crippen LogP contribution in [0.25, 0.3) is 42.4 Å². The van der Waals surface area contributed by atoms with Crippen LogP contribution in [0.2, 0.25) is 0 Å². The van der Waals surface area contributed by atoms with Crippen molar-refractivity contribution >= 4 is 88.7 Å². The molecule has 8 aromatic carbocycles. The Balaban J connectivity index is 1.20. The van der Waals surface area contributed by atoms with E-state index >= 15 is 0 Å². The summed E-state index contributed by atoms with van der Waals surface area (Å²) in [5.74, 6) is 0. The molecule has 0 amide bonds. The fourth-order valence-electron chi connectivity index (χ4n) is 11.2. The second-order valence-electron chi connectivity index (χ2n) is 19.3. The molecule has 0 radical (unpaired) electrons. The molecule has 3 heterocycles. The van der Waals surface area contributed by atoms with Crippen molar-refractivity contribution in [3.05, 3.63) is 186 Å². The molecule has 1 aromatic heterocycles. The van der Waals surface area contributed by atoms with Gasteiger partial charge in [0.15, 0.2) is 0 Å². The van der Waals surface area contributed by atoms with Gasteiger partial charge in [-0.25, -0.2) is 0 Å². The third-order valence-electron chi connectivity index (χ3n) is 14.5. The van der Waals surface area contributed by atoms with Gasteiger partial charge in [-0.15, -0.1) is 11.3 Å². The maximum Gasteiger partial charge on any atom is 0.252 e. The zero-order chi connectivity index (χ0) is 42.1. The molecule has 4 heteroatoms. The molecule has 62 heavy (non-hydrogen) atoms. The molecule has 12 rings (SSSR count). The highest BCUT2D eigenvalue weighted by atomic mass is 32.1. The normalized spacial score (nSPS) is 15.6. The molecule has 0 N–H and O–H groups in total. The summed E-state index contributed by atoms with van der Waals surface area (Å²) >= 11 is 1.89. The predicted molar refractivity (Wildman–Crippen MR) is 269 cm³/mol. The van der Waals surface area contributed by atoms with Crippen molar-refractivity contribution in [1.29, 1.82) is 0 Å². The number of hydrogen-bond donors (Lipinski definition) is 0. The lowest BCUT2D eigenvalue weighted by Crippen LogP contribution is -2.62. The molecule has 2 nitrogen and oxygen atoms in total. The lowest BCUT2D eigenvalue weighted by Gasteiger charge is -2.47. The van der Waals surface area contributed by atoms with Gasteiger partial charge in [-0.3, -0.25) is 0 Å². The van der Waals surface area contributed by atoms with Gasteiger partial charge in [0.2, 0.25) is 0 Å². The van der Waals surface area contributed by atoms with Crippen LogP contribution in [0.15, 0.2) is 164 Å². The first-order valence-corrected chi connectivity index (χ1v) is 23.1. The van der Waals surface area contributed by atoms with Crippen LogP contribution in [0.5, 0.6) is 0 Å². The Morgan fingerprint density at radius 1 is 0.452 bits per heavy atom. The number of fused-ring (bicyclic) bond motifs is 8. The van der Waals surface area contributed by atoms with E-state index in [0.717, 1.165) is 0 Å². The fraction of sp³-hybridized carbons (Fsp3) is 0.172. The summed E-state index contributed by atoms with van der Waals surface area (Å²) in [7, 11) is 0. The Bertz CT molecular complexity index is 3290. The third kappa shape index (κ3) is 5.55. The predicted octanol–water partition coefficient (Wildman–Crippen LogP) is 14.4. The standard InChI is InChI=1S/C58H49BN2S/c1-36-30-51-56-52(31-36)61(49-21-15-23-54-55(49)42-20-13-14-22-53(42)62-54)48-27-25-41(39-18-11-8-12-19-39)33-45(48)59(56)46-34-43-44(58(5,6)29-28-57(43,3)4)35-50(46)60(51)47-26-24-40(32-37(47)2)38-16-9-7-10-17-38/h7-27,30-35H,28-29H2,1-6H3. The van der Waals surface area contributed by atoms with E-state index in [1.54, 1.807) is 0 Å². The molecule has 0 saturated carbocycles. The molecule has 0 fully saturated rings. The molecule has 0 spiro atoms. The van der Waals surface area contributed by atoms with Crippen molar-refractivity contribution in [3.8, 4) is 22.3 Å². The van der Waals surface area contributed by atoms with Gasteiger partial charge in [0, 0.05) is 48.6 Å². The van der Waals surface area contributed by atoms with Gasteiger partial charge >= 0.3 is 0 Å². The minimum Gasteiger partial charge on any atom is -0.311 e. The topological polar surface area (TPSA) is 6.48 Å². The SMILES string of the molecule is Cc1cc2c3c(c1)N(c1cccc4sc5ccccc5c14)c1ccc(-c4ccccc4)cc1B3c1cc3c(cc1N2c1ccc(-c2ccccc2)cc1C)C(C)(C)CCC3(C)C. The van der Waals surface area contributed by atoms with Gasteiger partial charge < -0.3 is 9.80 Å². The molecule has 0 atom stereocenters. The van der Waals surface area contributed by atoms with Crippen LogP contribution in [0, 0.1) is 13.8 Å². The van der Waals surface area contributed by atoms with Crippen LogP contribution in [-0.4, -0.2) is 6.71 Å². The number of aryl methyl sites for hydroxylation is 2. The maximum absolute atomic E-state index is 2.66. The first-order chi connectivity index (χ1) is 30.1. The second-order valence-corrected chi connectivity index (χ2v) is 20.4. The summed E-state index contributed by atoms with van der Waals surface area (Å²) < 4.78 is 2.63. The van der Waals surface area contributed by atoms with Crippen LogP contribution >= 0.6 is 11.3 Å². The highest BCUT2D eigenvalue weighted by Crippen LogP contribution is 2.52.